The van der Waals surface area contributed by atoms with Crippen LogP contribution >= 0.6 is 34.7 Å². The largest absolute Gasteiger partial charge is 0.478 e. The van der Waals surface area contributed by atoms with Crippen LogP contribution in [0, 0.1) is 0 Å². The normalized spacial score (nSPS) is 13.0. The number of hydrogen-bond donors (Lipinski definition) is 2. The highest BCUT2D eigenvalue weighted by Crippen LogP contribution is 2.28. The molecule has 2 N–H and O–H groups in total. The lowest BCUT2D eigenvalue weighted by Gasteiger charge is -2.12. The maximum atomic E-state index is 11.7. The molecule has 1 atom stereocenters. The van der Waals surface area contributed by atoms with Crippen LogP contribution in [-0.2, 0) is 17.6 Å². The number of hydrogen-bond acceptors (Lipinski definition) is 4. The number of aromatic nitrogens is 2. The van der Waals surface area contributed by atoms with Crippen molar-refractivity contribution in [1.82, 2.24) is 9.97 Å². The van der Waals surface area contributed by atoms with Gasteiger partial charge in [-0.3, -0.25) is 0 Å². The number of thiophene rings is 1. The van der Waals surface area contributed by atoms with Gasteiger partial charge in [-0.1, -0.05) is 73.1 Å². The predicted molar refractivity (Wildman–Crippen MR) is 131 cm³/mol. The third-order valence-electron chi connectivity index (χ3n) is 4.57. The number of carboxylic acids is 1. The molecule has 3 aromatic rings. The molecule has 0 aliphatic rings. The van der Waals surface area contributed by atoms with Crippen LogP contribution in [0.25, 0.3) is 6.08 Å². The first-order chi connectivity index (χ1) is 15.0. The van der Waals surface area contributed by atoms with Crippen LogP contribution in [-0.4, -0.2) is 26.3 Å². The van der Waals surface area contributed by atoms with E-state index in [2.05, 4.69) is 29.0 Å². The highest BCUT2D eigenvalue weighted by Gasteiger charge is 2.14. The van der Waals surface area contributed by atoms with Gasteiger partial charge in [0.1, 0.15) is 0 Å². The van der Waals surface area contributed by atoms with Gasteiger partial charge in [-0.05, 0) is 42.0 Å². The van der Waals surface area contributed by atoms with E-state index >= 15 is 0 Å². The molecule has 1 aromatic carbocycles. The molecular weight excluding hydrogens is 448 g/mol. The van der Waals surface area contributed by atoms with E-state index in [1.54, 1.807) is 35.4 Å². The first-order valence-electron chi connectivity index (χ1n) is 10.1. The van der Waals surface area contributed by atoms with Crippen LogP contribution in [0.1, 0.15) is 35.9 Å². The second-order valence-electron chi connectivity index (χ2n) is 7.04. The number of H-pyrrole nitrogens is 1. The number of nitrogens with zero attached hydrogens (tertiary/aromatic N) is 1. The highest BCUT2D eigenvalue weighted by molar-refractivity contribution is 7.99. The molecule has 2 aromatic heterocycles. The molecule has 0 saturated carbocycles. The third-order valence-corrected chi connectivity index (χ3v) is 6.87. The number of aromatic amines is 1. The fraction of sp³-hybridized carbons (Fsp3) is 0.250. The van der Waals surface area contributed by atoms with Crippen molar-refractivity contribution < 1.29 is 9.90 Å². The van der Waals surface area contributed by atoms with Gasteiger partial charge in [0.05, 0.1) is 11.9 Å². The van der Waals surface area contributed by atoms with Crippen molar-refractivity contribution >= 4 is 46.7 Å². The van der Waals surface area contributed by atoms with E-state index < -0.39 is 5.97 Å². The first kappa shape index (κ1) is 23.4. The summed E-state index contributed by atoms with van der Waals surface area (Å²) in [5, 5.41) is 13.2. The highest BCUT2D eigenvalue weighted by atomic mass is 35.5. The maximum absolute atomic E-state index is 11.7. The molecule has 0 amide bonds. The smallest absolute Gasteiger partial charge is 0.332 e. The quantitative estimate of drug-likeness (QED) is 0.181. The van der Waals surface area contributed by atoms with E-state index in [0.717, 1.165) is 39.9 Å². The Hall–Kier alpha value is -2.28. The topological polar surface area (TPSA) is 66.0 Å². The number of nitrogens with one attached hydrogen (secondary N) is 1. The fourth-order valence-electron chi connectivity index (χ4n) is 3.01. The molecule has 0 aliphatic heterocycles. The van der Waals surface area contributed by atoms with E-state index in [4.69, 9.17) is 11.6 Å². The number of unbranched alkanes of at least 4 members (excludes halogenated alkanes) is 1. The summed E-state index contributed by atoms with van der Waals surface area (Å²) in [6, 6.07) is 11.7. The number of rotatable bonds is 11. The number of imidazole rings is 1. The SMILES string of the molecule is CCCC=CC(Cc1ccccc1Cl)Sc1ncc(C=C(Cc2cccs2)C(=O)O)[nH]1. The number of benzene rings is 1. The molecule has 0 fully saturated rings. The fourth-order valence-corrected chi connectivity index (χ4v) is 4.98. The minimum absolute atomic E-state index is 0.166. The lowest BCUT2D eigenvalue weighted by molar-refractivity contribution is -0.132. The van der Waals surface area contributed by atoms with Gasteiger partial charge in [-0.15, -0.1) is 11.3 Å². The van der Waals surface area contributed by atoms with E-state index in [1.165, 1.54) is 0 Å². The van der Waals surface area contributed by atoms with Crippen molar-refractivity contribution in [2.75, 3.05) is 0 Å². The number of halogens is 1. The summed E-state index contributed by atoms with van der Waals surface area (Å²) in [6.45, 7) is 2.15. The number of carboxylic acid groups (broad SMARTS) is 1. The summed E-state index contributed by atoms with van der Waals surface area (Å²) in [4.78, 5) is 20.4. The van der Waals surface area contributed by atoms with Gasteiger partial charge >= 0.3 is 5.97 Å². The van der Waals surface area contributed by atoms with Crippen LogP contribution in [0.4, 0.5) is 0 Å². The van der Waals surface area contributed by atoms with Gasteiger partial charge in [0, 0.05) is 27.1 Å². The Labute approximate surface area is 196 Å². The van der Waals surface area contributed by atoms with Crippen molar-refractivity contribution in [2.24, 2.45) is 0 Å². The van der Waals surface area contributed by atoms with E-state index in [-0.39, 0.29) is 5.25 Å². The van der Waals surface area contributed by atoms with Crippen molar-refractivity contribution in [1.29, 1.82) is 0 Å². The second kappa shape index (κ2) is 11.9. The third kappa shape index (κ3) is 7.42. The van der Waals surface area contributed by atoms with Gasteiger partial charge in [-0.2, -0.15) is 0 Å². The second-order valence-corrected chi connectivity index (χ2v) is 9.71. The molecule has 0 bridgehead atoms. The minimum atomic E-state index is -0.920. The lowest BCUT2D eigenvalue weighted by Crippen LogP contribution is -2.05. The Morgan fingerprint density at radius 2 is 2.16 bits per heavy atom. The Kier molecular flexibility index (Phi) is 9.00. The van der Waals surface area contributed by atoms with Crippen molar-refractivity contribution in [2.45, 2.75) is 43.0 Å². The minimum Gasteiger partial charge on any atom is -0.478 e. The van der Waals surface area contributed by atoms with Crippen LogP contribution < -0.4 is 0 Å². The average molecular weight is 473 g/mol. The van der Waals surface area contributed by atoms with E-state index in [0.29, 0.717) is 17.7 Å². The summed E-state index contributed by atoms with van der Waals surface area (Å²) in [5.41, 5.74) is 2.11. The molecule has 162 valence electrons. The van der Waals surface area contributed by atoms with Crippen molar-refractivity contribution in [3.05, 3.63) is 86.9 Å². The van der Waals surface area contributed by atoms with E-state index in [1.807, 2.05) is 41.8 Å². The first-order valence-corrected chi connectivity index (χ1v) is 12.3. The molecule has 4 nitrogen and oxygen atoms in total. The molecule has 1 unspecified atom stereocenters. The molecule has 2 heterocycles. The lowest BCUT2D eigenvalue weighted by atomic mass is 10.1. The van der Waals surface area contributed by atoms with Crippen LogP contribution in [0.5, 0.6) is 0 Å². The van der Waals surface area contributed by atoms with Crippen LogP contribution in [0.3, 0.4) is 0 Å². The number of carbonyl (C=O) groups is 1. The molecule has 3 rings (SSSR count). The zero-order valence-electron chi connectivity index (χ0n) is 17.3. The molecule has 0 spiro atoms. The Morgan fingerprint density at radius 3 is 2.87 bits per heavy atom. The average Bonchev–Trinajstić information content (AvgIpc) is 3.41. The van der Waals surface area contributed by atoms with Crippen LogP contribution in [0.2, 0.25) is 5.02 Å². The zero-order chi connectivity index (χ0) is 22.1. The molecule has 0 radical (unpaired) electrons. The Balaban J connectivity index is 1.74. The number of thioether (sulfide) groups is 1. The zero-order valence-corrected chi connectivity index (χ0v) is 19.6. The van der Waals surface area contributed by atoms with Crippen molar-refractivity contribution in [3.63, 3.8) is 0 Å². The standard InChI is InChI=1S/C24H25ClN2O2S2/c1-2-3-4-9-21(14-17-8-5-6-11-22(17)25)31-24-26-16-19(27-24)13-18(23(28)29)15-20-10-7-12-30-20/h4-13,16,21H,2-3,14-15H2,1H3,(H,26,27)(H,28,29). The Bertz CT molecular complexity index is 1040. The predicted octanol–water partition coefficient (Wildman–Crippen LogP) is 6.90. The van der Waals surface area contributed by atoms with Gasteiger partial charge in [-0.25, -0.2) is 9.78 Å². The summed E-state index contributed by atoms with van der Waals surface area (Å²) >= 11 is 9.53. The van der Waals surface area contributed by atoms with E-state index in [9.17, 15) is 9.90 Å². The molecule has 0 saturated heterocycles. The van der Waals surface area contributed by atoms with Gasteiger partial charge < -0.3 is 10.1 Å². The molecule has 31 heavy (non-hydrogen) atoms. The summed E-state index contributed by atoms with van der Waals surface area (Å²) in [5.74, 6) is -0.920. The van der Waals surface area contributed by atoms with Gasteiger partial charge in [0.15, 0.2) is 5.16 Å². The molecular formula is C24H25ClN2O2S2. The summed E-state index contributed by atoms with van der Waals surface area (Å²) < 4.78 is 0. The summed E-state index contributed by atoms with van der Waals surface area (Å²) in [7, 11) is 0. The maximum Gasteiger partial charge on any atom is 0.332 e. The number of allylic oxidation sites excluding steroid dienone is 1. The molecule has 7 heteroatoms. The summed E-state index contributed by atoms with van der Waals surface area (Å²) in [6.07, 6.45) is 11.0. The monoisotopic (exact) mass is 472 g/mol. The molecule has 0 aliphatic carbocycles. The Morgan fingerprint density at radius 1 is 1.32 bits per heavy atom. The number of aliphatic carboxylic acids is 1. The van der Waals surface area contributed by atoms with Gasteiger partial charge in [0.2, 0.25) is 0 Å². The van der Waals surface area contributed by atoms with Crippen molar-refractivity contribution in [3.8, 4) is 0 Å². The van der Waals surface area contributed by atoms with Crippen LogP contribution in [0.15, 0.2) is 70.9 Å². The van der Waals surface area contributed by atoms with Gasteiger partial charge in [0.25, 0.3) is 0 Å².